The van der Waals surface area contributed by atoms with Gasteiger partial charge in [0.05, 0.1) is 11.9 Å². The molecule has 0 unspecified atom stereocenters. The monoisotopic (exact) mass is 333 g/mol. The van der Waals surface area contributed by atoms with Crippen LogP contribution in [0.3, 0.4) is 0 Å². The highest BCUT2D eigenvalue weighted by molar-refractivity contribution is 7.94. The summed E-state index contributed by atoms with van der Waals surface area (Å²) in [6.07, 6.45) is 1.27. The first-order valence-corrected chi connectivity index (χ1v) is 7.80. The summed E-state index contributed by atoms with van der Waals surface area (Å²) in [6, 6.07) is 2.91. The minimum Gasteiger partial charge on any atom is -0.301 e. The predicted octanol–water partition coefficient (Wildman–Crippen LogP) is 1.35. The van der Waals surface area contributed by atoms with Gasteiger partial charge in [0.15, 0.2) is 0 Å². The molecule has 2 rings (SSSR count). The van der Waals surface area contributed by atoms with Crippen LogP contribution in [-0.4, -0.2) is 29.5 Å². The lowest BCUT2D eigenvalue weighted by Gasteiger charge is -2.03. The number of anilines is 2. The highest BCUT2D eigenvalue weighted by atomic mass is 35.5. The largest absolute Gasteiger partial charge is 0.301 e. The molecule has 0 saturated heterocycles. The second kappa shape index (κ2) is 5.69. The van der Waals surface area contributed by atoms with Gasteiger partial charge in [-0.2, -0.15) is 8.42 Å². The van der Waals surface area contributed by atoms with E-state index in [1.165, 1.54) is 25.3 Å². The van der Waals surface area contributed by atoms with Gasteiger partial charge >= 0.3 is 0 Å². The Balaban J connectivity index is 2.19. The number of nitrogens with one attached hydrogen (secondary N) is 2. The van der Waals surface area contributed by atoms with E-state index >= 15 is 0 Å². The van der Waals surface area contributed by atoms with Crippen LogP contribution in [0, 0.1) is 0 Å². The Morgan fingerprint density at radius 2 is 2.10 bits per heavy atom. The molecule has 2 aromatic heterocycles. The summed E-state index contributed by atoms with van der Waals surface area (Å²) in [5.74, 6) is -0.361. The Morgan fingerprint density at radius 3 is 2.70 bits per heavy atom. The van der Waals surface area contributed by atoms with E-state index in [4.69, 9.17) is 11.6 Å². The Morgan fingerprint density at radius 1 is 1.35 bits per heavy atom. The van der Waals surface area contributed by atoms with Crippen molar-refractivity contribution in [1.82, 2.24) is 15.2 Å². The molecule has 0 bridgehead atoms. The zero-order valence-electron chi connectivity index (χ0n) is 9.99. The fourth-order valence-electron chi connectivity index (χ4n) is 1.15. The number of nitrogens with zero attached hydrogens (tertiary/aromatic N) is 3. The molecule has 0 aliphatic rings. The quantitative estimate of drug-likeness (QED) is 0.644. The molecule has 106 valence electrons. The number of aromatic nitrogens is 3. The molecular formula is C9H8ClN5O3S2. The fourth-order valence-corrected chi connectivity index (χ4v) is 3.26. The van der Waals surface area contributed by atoms with E-state index in [9.17, 15) is 13.2 Å². The maximum absolute atomic E-state index is 12.0. The van der Waals surface area contributed by atoms with Gasteiger partial charge in [-0.25, -0.2) is 4.98 Å². The zero-order valence-corrected chi connectivity index (χ0v) is 12.4. The summed E-state index contributed by atoms with van der Waals surface area (Å²) in [4.78, 5) is 14.6. The van der Waals surface area contributed by atoms with Crippen molar-refractivity contribution in [2.45, 2.75) is 11.3 Å². The van der Waals surface area contributed by atoms with E-state index in [0.29, 0.717) is 0 Å². The van der Waals surface area contributed by atoms with Crippen molar-refractivity contribution < 1.29 is 13.2 Å². The minimum absolute atomic E-state index is 0.104. The average Bonchev–Trinajstić information content (AvgIpc) is 2.80. The van der Waals surface area contributed by atoms with Crippen LogP contribution in [0.15, 0.2) is 22.7 Å². The van der Waals surface area contributed by atoms with Crippen molar-refractivity contribution in [3.8, 4) is 0 Å². The van der Waals surface area contributed by atoms with Crippen LogP contribution >= 0.6 is 22.9 Å². The Bertz CT molecular complexity index is 728. The van der Waals surface area contributed by atoms with Crippen molar-refractivity contribution >= 4 is 49.7 Å². The van der Waals surface area contributed by atoms with Gasteiger partial charge in [0.1, 0.15) is 5.15 Å². The van der Waals surface area contributed by atoms with Gasteiger partial charge in [0.2, 0.25) is 11.0 Å². The maximum Gasteiger partial charge on any atom is 0.291 e. The number of pyridine rings is 1. The van der Waals surface area contributed by atoms with Crippen molar-refractivity contribution in [3.63, 3.8) is 0 Å². The molecule has 11 heteroatoms. The Hall–Kier alpha value is -1.78. The number of halogens is 1. The van der Waals surface area contributed by atoms with Crippen molar-refractivity contribution in [3.05, 3.63) is 23.5 Å². The number of amides is 1. The molecule has 1 amide bonds. The molecule has 0 saturated carbocycles. The molecule has 0 aliphatic carbocycles. The molecule has 0 aromatic carbocycles. The topological polar surface area (TPSA) is 114 Å². The van der Waals surface area contributed by atoms with Crippen molar-refractivity contribution in [2.24, 2.45) is 0 Å². The van der Waals surface area contributed by atoms with Gasteiger partial charge in [-0.1, -0.05) is 22.9 Å². The number of sulfonamides is 1. The molecular weight excluding hydrogens is 326 g/mol. The highest BCUT2D eigenvalue weighted by Crippen LogP contribution is 2.22. The normalized spacial score (nSPS) is 11.1. The van der Waals surface area contributed by atoms with Crippen LogP contribution in [0.1, 0.15) is 6.92 Å². The van der Waals surface area contributed by atoms with Gasteiger partial charge < -0.3 is 5.32 Å². The van der Waals surface area contributed by atoms with Crippen LogP contribution in [0.5, 0.6) is 0 Å². The summed E-state index contributed by atoms with van der Waals surface area (Å²) in [5, 5.41) is 9.77. The molecule has 0 atom stereocenters. The van der Waals surface area contributed by atoms with Gasteiger partial charge in [-0.3, -0.25) is 9.52 Å². The number of hydrogen-bond acceptors (Lipinski definition) is 7. The Kier molecular flexibility index (Phi) is 4.16. The van der Waals surface area contributed by atoms with E-state index in [1.807, 2.05) is 0 Å². The van der Waals surface area contributed by atoms with Crippen molar-refractivity contribution in [1.29, 1.82) is 0 Å². The smallest absolute Gasteiger partial charge is 0.291 e. The number of carbonyl (C=O) groups excluding carboxylic acids is 1. The van der Waals surface area contributed by atoms with E-state index < -0.39 is 10.0 Å². The molecule has 8 nitrogen and oxygen atoms in total. The molecule has 2 heterocycles. The lowest BCUT2D eigenvalue weighted by atomic mass is 10.4. The first-order valence-electron chi connectivity index (χ1n) is 5.12. The third kappa shape index (κ3) is 3.62. The van der Waals surface area contributed by atoms with Gasteiger partial charge in [0, 0.05) is 6.92 Å². The van der Waals surface area contributed by atoms with Crippen molar-refractivity contribution in [2.75, 3.05) is 10.0 Å². The maximum atomic E-state index is 12.0. The number of hydrogen-bond donors (Lipinski definition) is 2. The van der Waals surface area contributed by atoms with Gasteiger partial charge in [0.25, 0.3) is 14.4 Å². The third-order valence-electron chi connectivity index (χ3n) is 1.90. The summed E-state index contributed by atoms with van der Waals surface area (Å²) < 4.78 is 26.0. The predicted molar refractivity (Wildman–Crippen MR) is 74.3 cm³/mol. The van der Waals surface area contributed by atoms with Gasteiger partial charge in [-0.15, -0.1) is 10.2 Å². The first kappa shape index (κ1) is 14.6. The first-order chi connectivity index (χ1) is 9.37. The standard InChI is InChI=1S/C9H8ClN5O3S2/c1-5(16)12-8-13-14-9(19-8)20(17,18)15-6-2-3-7(10)11-4-6/h2-4,15H,1H3,(H,12,13,16). The van der Waals surface area contributed by atoms with Crippen LogP contribution in [0.2, 0.25) is 5.15 Å². The molecule has 2 N–H and O–H groups in total. The number of carbonyl (C=O) groups is 1. The Labute approximate surface area is 123 Å². The highest BCUT2D eigenvalue weighted by Gasteiger charge is 2.20. The molecule has 0 radical (unpaired) electrons. The van der Waals surface area contributed by atoms with Crippen LogP contribution in [-0.2, 0) is 14.8 Å². The summed E-state index contributed by atoms with van der Waals surface area (Å²) in [6.45, 7) is 1.28. The van der Waals surface area contributed by atoms with E-state index in [2.05, 4.69) is 25.2 Å². The SMILES string of the molecule is CC(=O)Nc1nnc(S(=O)(=O)Nc2ccc(Cl)nc2)s1. The number of rotatable bonds is 4. The minimum atomic E-state index is -3.88. The molecule has 0 spiro atoms. The summed E-state index contributed by atoms with van der Waals surface area (Å²) >= 11 is 6.34. The molecule has 0 aliphatic heterocycles. The second-order valence-corrected chi connectivity index (χ2v) is 6.75. The van der Waals surface area contributed by atoms with Gasteiger partial charge in [-0.05, 0) is 12.1 Å². The second-order valence-electron chi connectivity index (χ2n) is 3.53. The van der Waals surface area contributed by atoms with Crippen LogP contribution in [0.25, 0.3) is 0 Å². The molecule has 20 heavy (non-hydrogen) atoms. The summed E-state index contributed by atoms with van der Waals surface area (Å²) in [7, 11) is -3.88. The lowest BCUT2D eigenvalue weighted by molar-refractivity contribution is -0.114. The third-order valence-corrected chi connectivity index (χ3v) is 4.71. The van der Waals surface area contributed by atoms with Crippen LogP contribution < -0.4 is 10.0 Å². The van der Waals surface area contributed by atoms with Crippen LogP contribution in [0.4, 0.5) is 10.8 Å². The van der Waals surface area contributed by atoms with E-state index in [-0.39, 0.29) is 26.2 Å². The zero-order chi connectivity index (χ0) is 14.8. The van der Waals surface area contributed by atoms with E-state index in [1.54, 1.807) is 0 Å². The molecule has 2 aromatic rings. The fraction of sp³-hybridized carbons (Fsp3) is 0.111. The van der Waals surface area contributed by atoms with E-state index in [0.717, 1.165) is 11.3 Å². The summed E-state index contributed by atoms with van der Waals surface area (Å²) in [5.41, 5.74) is 0.241. The lowest BCUT2D eigenvalue weighted by Crippen LogP contribution is -2.12. The molecule has 0 fully saturated rings. The average molecular weight is 334 g/mol.